The lowest BCUT2D eigenvalue weighted by molar-refractivity contribution is 0.0747. The van der Waals surface area contributed by atoms with Crippen molar-refractivity contribution in [2.75, 3.05) is 31.1 Å². The Balaban J connectivity index is 1.37. The first-order valence-electron chi connectivity index (χ1n) is 9.63. The molecule has 1 aliphatic rings. The molecule has 30 heavy (non-hydrogen) atoms. The van der Waals surface area contributed by atoms with Crippen LogP contribution in [0.2, 0.25) is 5.02 Å². The SMILES string of the molecule is O=C(c1ccccc1Cl)N1CCN(c2ncnc3c2nnn3-c2ccccc2)CC1. The Morgan fingerprint density at radius 1 is 0.900 bits per heavy atom. The molecule has 9 heteroatoms. The van der Waals surface area contributed by atoms with Gasteiger partial charge in [0.2, 0.25) is 0 Å². The van der Waals surface area contributed by atoms with Crippen LogP contribution in [0, 0.1) is 0 Å². The van der Waals surface area contributed by atoms with Gasteiger partial charge in [-0.15, -0.1) is 5.10 Å². The number of nitrogens with zero attached hydrogens (tertiary/aromatic N) is 7. The molecule has 0 spiro atoms. The second-order valence-electron chi connectivity index (χ2n) is 6.97. The minimum atomic E-state index is -0.0527. The molecule has 0 saturated carbocycles. The van der Waals surface area contributed by atoms with Crippen LogP contribution in [0.5, 0.6) is 0 Å². The van der Waals surface area contributed by atoms with Gasteiger partial charge in [0, 0.05) is 26.2 Å². The van der Waals surface area contributed by atoms with Crippen LogP contribution in [0.25, 0.3) is 16.9 Å². The molecular weight excluding hydrogens is 402 g/mol. The molecule has 1 saturated heterocycles. The fraction of sp³-hybridized carbons (Fsp3) is 0.190. The summed E-state index contributed by atoms with van der Waals surface area (Å²) in [5, 5.41) is 9.08. The lowest BCUT2D eigenvalue weighted by atomic mass is 10.2. The zero-order valence-electron chi connectivity index (χ0n) is 16.0. The highest BCUT2D eigenvalue weighted by molar-refractivity contribution is 6.33. The van der Waals surface area contributed by atoms with E-state index in [2.05, 4.69) is 25.2 Å². The van der Waals surface area contributed by atoms with Crippen molar-refractivity contribution in [3.63, 3.8) is 0 Å². The zero-order valence-corrected chi connectivity index (χ0v) is 16.8. The molecule has 1 amide bonds. The van der Waals surface area contributed by atoms with Gasteiger partial charge in [0.15, 0.2) is 17.0 Å². The van der Waals surface area contributed by atoms with Crippen LogP contribution in [0.15, 0.2) is 60.9 Å². The molecule has 5 rings (SSSR count). The molecule has 0 atom stereocenters. The monoisotopic (exact) mass is 419 g/mol. The van der Waals surface area contributed by atoms with E-state index in [1.54, 1.807) is 16.8 Å². The number of hydrogen-bond donors (Lipinski definition) is 0. The Hall–Kier alpha value is -3.52. The molecular formula is C21H18ClN7O. The Labute approximate surface area is 177 Å². The van der Waals surface area contributed by atoms with Gasteiger partial charge in [-0.25, -0.2) is 9.97 Å². The van der Waals surface area contributed by atoms with Crippen LogP contribution < -0.4 is 4.90 Å². The number of fused-ring (bicyclic) bond motifs is 1. The van der Waals surface area contributed by atoms with E-state index < -0.39 is 0 Å². The normalized spacial score (nSPS) is 14.3. The molecule has 0 radical (unpaired) electrons. The number of benzene rings is 2. The maximum absolute atomic E-state index is 12.8. The first kappa shape index (κ1) is 18.5. The third-order valence-electron chi connectivity index (χ3n) is 5.19. The smallest absolute Gasteiger partial charge is 0.255 e. The standard InChI is InChI=1S/C21H18ClN7O/c22-17-9-5-4-8-16(17)21(30)28-12-10-27(11-13-28)19-18-20(24-14-23-19)29(26-25-18)15-6-2-1-3-7-15/h1-9,14H,10-13H2. The lowest BCUT2D eigenvalue weighted by Gasteiger charge is -2.35. The number of amides is 1. The highest BCUT2D eigenvalue weighted by Crippen LogP contribution is 2.24. The van der Waals surface area contributed by atoms with E-state index in [-0.39, 0.29) is 5.91 Å². The van der Waals surface area contributed by atoms with Crippen LogP contribution in [0.1, 0.15) is 10.4 Å². The molecule has 0 bridgehead atoms. The van der Waals surface area contributed by atoms with Crippen molar-refractivity contribution >= 4 is 34.5 Å². The predicted molar refractivity (Wildman–Crippen MR) is 114 cm³/mol. The van der Waals surface area contributed by atoms with Crippen molar-refractivity contribution in [2.45, 2.75) is 0 Å². The summed E-state index contributed by atoms with van der Waals surface area (Å²) in [4.78, 5) is 25.6. The molecule has 1 fully saturated rings. The lowest BCUT2D eigenvalue weighted by Crippen LogP contribution is -2.49. The molecule has 4 aromatic rings. The molecule has 8 nitrogen and oxygen atoms in total. The maximum Gasteiger partial charge on any atom is 0.255 e. The van der Waals surface area contributed by atoms with Gasteiger partial charge >= 0.3 is 0 Å². The Bertz CT molecular complexity index is 1200. The maximum atomic E-state index is 12.8. The average Bonchev–Trinajstić information content (AvgIpc) is 3.24. The second kappa shape index (κ2) is 7.72. The summed E-state index contributed by atoms with van der Waals surface area (Å²) in [7, 11) is 0. The van der Waals surface area contributed by atoms with Gasteiger partial charge in [-0.05, 0) is 24.3 Å². The van der Waals surface area contributed by atoms with Gasteiger partial charge in [-0.1, -0.05) is 47.1 Å². The summed E-state index contributed by atoms with van der Waals surface area (Å²) in [5.41, 5.74) is 2.72. The number of carbonyl (C=O) groups excluding carboxylic acids is 1. The van der Waals surface area contributed by atoms with Gasteiger partial charge in [-0.2, -0.15) is 4.68 Å². The van der Waals surface area contributed by atoms with Crippen molar-refractivity contribution < 1.29 is 4.79 Å². The van der Waals surface area contributed by atoms with E-state index in [9.17, 15) is 4.79 Å². The highest BCUT2D eigenvalue weighted by Gasteiger charge is 2.26. The molecule has 0 aliphatic carbocycles. The van der Waals surface area contributed by atoms with Crippen LogP contribution in [-0.4, -0.2) is 61.9 Å². The Kier molecular flexibility index (Phi) is 4.76. The predicted octanol–water partition coefficient (Wildman–Crippen LogP) is 2.83. The molecule has 150 valence electrons. The van der Waals surface area contributed by atoms with Crippen molar-refractivity contribution in [3.8, 4) is 5.69 Å². The van der Waals surface area contributed by atoms with E-state index in [1.165, 1.54) is 6.33 Å². The van der Waals surface area contributed by atoms with E-state index in [4.69, 9.17) is 11.6 Å². The van der Waals surface area contributed by atoms with Gasteiger partial charge in [0.25, 0.3) is 5.91 Å². The highest BCUT2D eigenvalue weighted by atomic mass is 35.5. The molecule has 0 unspecified atom stereocenters. The first-order valence-corrected chi connectivity index (χ1v) is 10.0. The van der Waals surface area contributed by atoms with Gasteiger partial charge in [-0.3, -0.25) is 4.79 Å². The number of piperazine rings is 1. The van der Waals surface area contributed by atoms with Crippen molar-refractivity contribution in [1.29, 1.82) is 0 Å². The third-order valence-corrected chi connectivity index (χ3v) is 5.52. The van der Waals surface area contributed by atoms with E-state index in [0.717, 1.165) is 11.5 Å². The number of rotatable bonds is 3. The molecule has 2 aromatic heterocycles. The number of hydrogen-bond acceptors (Lipinski definition) is 6. The largest absolute Gasteiger partial charge is 0.351 e. The van der Waals surface area contributed by atoms with Gasteiger partial charge in [0.05, 0.1) is 16.3 Å². The molecule has 1 aliphatic heterocycles. The summed E-state index contributed by atoms with van der Waals surface area (Å²) in [6, 6.07) is 16.9. The topological polar surface area (TPSA) is 80.0 Å². The molecule has 3 heterocycles. The quantitative estimate of drug-likeness (QED) is 0.508. The average molecular weight is 420 g/mol. The summed E-state index contributed by atoms with van der Waals surface area (Å²) >= 11 is 6.19. The number of aromatic nitrogens is 5. The first-order chi connectivity index (χ1) is 14.7. The van der Waals surface area contributed by atoms with Crippen LogP contribution >= 0.6 is 11.6 Å². The van der Waals surface area contributed by atoms with Crippen LogP contribution in [0.3, 0.4) is 0 Å². The number of halogens is 1. The summed E-state index contributed by atoms with van der Waals surface area (Å²) < 4.78 is 1.71. The number of carbonyl (C=O) groups is 1. The van der Waals surface area contributed by atoms with Crippen molar-refractivity contribution in [2.24, 2.45) is 0 Å². The fourth-order valence-corrected chi connectivity index (χ4v) is 3.85. The van der Waals surface area contributed by atoms with Crippen LogP contribution in [-0.2, 0) is 0 Å². The second-order valence-corrected chi connectivity index (χ2v) is 7.37. The Morgan fingerprint density at radius 2 is 1.63 bits per heavy atom. The van der Waals surface area contributed by atoms with Gasteiger partial charge in [0.1, 0.15) is 6.33 Å². The summed E-state index contributed by atoms with van der Waals surface area (Å²) in [6.45, 7) is 2.42. The minimum absolute atomic E-state index is 0.0527. The zero-order chi connectivity index (χ0) is 20.5. The molecule has 2 aromatic carbocycles. The van der Waals surface area contributed by atoms with Crippen LogP contribution in [0.4, 0.5) is 5.82 Å². The number of anilines is 1. The van der Waals surface area contributed by atoms with Crippen molar-refractivity contribution in [1.82, 2.24) is 29.9 Å². The third kappa shape index (κ3) is 3.25. The van der Waals surface area contributed by atoms with Gasteiger partial charge < -0.3 is 9.80 Å². The van der Waals surface area contributed by atoms with E-state index >= 15 is 0 Å². The van der Waals surface area contributed by atoms with Crippen molar-refractivity contribution in [3.05, 3.63) is 71.5 Å². The fourth-order valence-electron chi connectivity index (χ4n) is 3.64. The summed E-state index contributed by atoms with van der Waals surface area (Å²) in [5.74, 6) is 0.676. The van der Waals surface area contributed by atoms with E-state index in [0.29, 0.717) is 47.9 Å². The molecule has 0 N–H and O–H groups in total. The number of para-hydroxylation sites is 1. The Morgan fingerprint density at radius 3 is 2.40 bits per heavy atom. The minimum Gasteiger partial charge on any atom is -0.351 e. The summed E-state index contributed by atoms with van der Waals surface area (Å²) in [6.07, 6.45) is 1.53. The van der Waals surface area contributed by atoms with E-state index in [1.807, 2.05) is 47.4 Å².